The van der Waals surface area contributed by atoms with Crippen LogP contribution in [0.5, 0.6) is 0 Å². The molecule has 0 amide bonds. The van der Waals surface area contributed by atoms with Crippen molar-refractivity contribution < 1.29 is 0 Å². The van der Waals surface area contributed by atoms with E-state index in [0.717, 1.165) is 0 Å². The number of hydrogen-bond donors (Lipinski definition) is 0. The fourth-order valence-electron chi connectivity index (χ4n) is 0.321. The second-order valence-corrected chi connectivity index (χ2v) is 1.40. The zero-order valence-corrected chi connectivity index (χ0v) is 5.62. The lowest BCUT2D eigenvalue weighted by atomic mass is 10.5. The molecule has 1 nitrogen and oxygen atoms in total. The highest BCUT2D eigenvalue weighted by atomic mass is 14.6. The minimum Gasteiger partial charge on any atom is -0.265 e. The molecule has 0 heterocycles. The van der Waals surface area contributed by atoms with Gasteiger partial charge in [-0.15, -0.1) is 0 Å². The second-order valence-electron chi connectivity index (χ2n) is 1.40. The van der Waals surface area contributed by atoms with E-state index < -0.39 is 0 Å². The molecule has 0 N–H and O–H groups in total. The van der Waals surface area contributed by atoms with E-state index >= 15 is 0 Å². The summed E-state index contributed by atoms with van der Waals surface area (Å²) in [4.78, 5) is 3.85. The predicted molar refractivity (Wildman–Crippen MR) is 42.6 cm³/mol. The number of hydrogen-bond acceptors (Lipinski definition) is 1. The Morgan fingerprint density at radius 2 is 2.11 bits per heavy atom. The molecule has 0 aromatic rings. The lowest BCUT2D eigenvalue weighted by Gasteiger charge is -1.70. The lowest BCUT2D eigenvalue weighted by Crippen LogP contribution is -1.55. The molecule has 0 saturated carbocycles. The molecule has 0 spiro atoms. The third-order valence-corrected chi connectivity index (χ3v) is 0.667. The average molecular weight is 121 g/mol. The van der Waals surface area contributed by atoms with Gasteiger partial charge in [-0.2, -0.15) is 0 Å². The molecule has 0 saturated heterocycles. The van der Waals surface area contributed by atoms with Crippen molar-refractivity contribution in [2.24, 2.45) is 4.99 Å². The zero-order chi connectivity index (χ0) is 6.95. The molecule has 1 heteroatoms. The first kappa shape index (κ1) is 7.89. The van der Waals surface area contributed by atoms with Crippen molar-refractivity contribution in [1.82, 2.24) is 0 Å². The van der Waals surface area contributed by atoms with E-state index in [0.29, 0.717) is 0 Å². The molecule has 0 aliphatic heterocycles. The van der Waals surface area contributed by atoms with Crippen LogP contribution in [-0.2, 0) is 0 Å². The van der Waals surface area contributed by atoms with Gasteiger partial charge in [0, 0.05) is 12.4 Å². The maximum absolute atomic E-state index is 3.85. The van der Waals surface area contributed by atoms with Gasteiger partial charge < -0.3 is 0 Å². The fraction of sp³-hybridized carbons (Fsp3) is 0.125. The van der Waals surface area contributed by atoms with Gasteiger partial charge in [0.15, 0.2) is 0 Å². The van der Waals surface area contributed by atoms with E-state index in [1.165, 1.54) is 0 Å². The Bertz CT molecular complexity index is 141. The maximum Gasteiger partial charge on any atom is 0.0267 e. The van der Waals surface area contributed by atoms with Gasteiger partial charge in [0.25, 0.3) is 0 Å². The van der Waals surface area contributed by atoms with Crippen LogP contribution in [0.4, 0.5) is 0 Å². The van der Waals surface area contributed by atoms with Crippen LogP contribution < -0.4 is 0 Å². The summed E-state index contributed by atoms with van der Waals surface area (Å²) >= 11 is 0. The van der Waals surface area contributed by atoms with Crippen molar-refractivity contribution in [2.45, 2.75) is 6.92 Å². The molecule has 0 fully saturated rings. The number of nitrogens with zero attached hydrogens (tertiary/aromatic N) is 1. The van der Waals surface area contributed by atoms with Crippen LogP contribution in [-0.4, -0.2) is 6.21 Å². The van der Waals surface area contributed by atoms with Crippen LogP contribution >= 0.6 is 0 Å². The highest BCUT2D eigenvalue weighted by molar-refractivity contribution is 5.70. The van der Waals surface area contributed by atoms with E-state index in [9.17, 15) is 0 Å². The van der Waals surface area contributed by atoms with E-state index in [1.807, 2.05) is 25.2 Å². The van der Waals surface area contributed by atoms with E-state index in [4.69, 9.17) is 0 Å². The summed E-state index contributed by atoms with van der Waals surface area (Å²) in [7, 11) is 0. The van der Waals surface area contributed by atoms with Crippen molar-refractivity contribution >= 4 is 6.21 Å². The van der Waals surface area contributed by atoms with E-state index in [-0.39, 0.29) is 0 Å². The van der Waals surface area contributed by atoms with Gasteiger partial charge in [-0.1, -0.05) is 24.8 Å². The summed E-state index contributed by atoms with van der Waals surface area (Å²) in [5, 5.41) is 0. The van der Waals surface area contributed by atoms with E-state index in [1.54, 1.807) is 18.5 Å². The molecule has 0 bridgehead atoms. The van der Waals surface area contributed by atoms with Crippen molar-refractivity contribution in [3.8, 4) is 0 Å². The first-order valence-corrected chi connectivity index (χ1v) is 2.84. The van der Waals surface area contributed by atoms with Crippen LogP contribution in [0.3, 0.4) is 0 Å². The maximum atomic E-state index is 3.85. The minimum absolute atomic E-state index is 1.64. The Kier molecular flexibility index (Phi) is 6.04. The molecule has 0 aromatic carbocycles. The Labute approximate surface area is 56.1 Å². The smallest absolute Gasteiger partial charge is 0.0267 e. The largest absolute Gasteiger partial charge is 0.265 e. The van der Waals surface area contributed by atoms with Crippen molar-refractivity contribution in [2.75, 3.05) is 0 Å². The van der Waals surface area contributed by atoms with Gasteiger partial charge in [0.05, 0.1) is 0 Å². The van der Waals surface area contributed by atoms with Crippen molar-refractivity contribution in [3.63, 3.8) is 0 Å². The molecule has 0 radical (unpaired) electrons. The zero-order valence-electron chi connectivity index (χ0n) is 5.62. The molecule has 0 aliphatic carbocycles. The Hall–Kier alpha value is -1.11. The van der Waals surface area contributed by atoms with Crippen LogP contribution in [0.25, 0.3) is 0 Å². The number of rotatable bonds is 3. The third kappa shape index (κ3) is 6.89. The summed E-state index contributed by atoms with van der Waals surface area (Å²) in [6.07, 6.45) is 10.7. The van der Waals surface area contributed by atoms with Gasteiger partial charge >= 0.3 is 0 Å². The van der Waals surface area contributed by atoms with Crippen LogP contribution in [0.1, 0.15) is 6.92 Å². The highest BCUT2D eigenvalue weighted by Gasteiger charge is 1.57. The Morgan fingerprint density at radius 1 is 1.33 bits per heavy atom. The molecule has 9 heavy (non-hydrogen) atoms. The Morgan fingerprint density at radius 3 is 2.67 bits per heavy atom. The molecule has 0 unspecified atom stereocenters. The van der Waals surface area contributed by atoms with Gasteiger partial charge in [0.1, 0.15) is 0 Å². The quantitative estimate of drug-likeness (QED) is 0.401. The SMILES string of the molecule is C=C\C=N/C=C\C=C/C. The first-order valence-electron chi connectivity index (χ1n) is 2.84. The summed E-state index contributed by atoms with van der Waals surface area (Å²) < 4.78 is 0. The molecule has 0 aromatic heterocycles. The highest BCUT2D eigenvalue weighted by Crippen LogP contribution is 1.76. The van der Waals surface area contributed by atoms with Gasteiger partial charge in [-0.05, 0) is 13.0 Å². The molecule has 0 atom stereocenters. The van der Waals surface area contributed by atoms with Crippen LogP contribution in [0.15, 0.2) is 42.1 Å². The topological polar surface area (TPSA) is 12.4 Å². The van der Waals surface area contributed by atoms with Crippen molar-refractivity contribution in [1.29, 1.82) is 0 Å². The average Bonchev–Trinajstić information content (AvgIpc) is 1.89. The molecule has 0 aliphatic rings. The molecular weight excluding hydrogens is 110 g/mol. The van der Waals surface area contributed by atoms with E-state index in [2.05, 4.69) is 11.6 Å². The normalized spacial score (nSPS) is 12.1. The van der Waals surface area contributed by atoms with Crippen molar-refractivity contribution in [3.05, 3.63) is 37.1 Å². The van der Waals surface area contributed by atoms with Crippen LogP contribution in [0.2, 0.25) is 0 Å². The third-order valence-electron chi connectivity index (χ3n) is 0.667. The number of aliphatic imine (C=N–C) groups is 1. The predicted octanol–water partition coefficient (Wildman–Crippen LogP) is 2.33. The summed E-state index contributed by atoms with van der Waals surface area (Å²) in [6, 6.07) is 0. The first-order chi connectivity index (χ1) is 4.41. The second kappa shape index (κ2) is 6.89. The minimum atomic E-state index is 1.64. The monoisotopic (exact) mass is 121 g/mol. The molecular formula is C8H11N. The van der Waals surface area contributed by atoms with Gasteiger partial charge in [-0.3, -0.25) is 4.99 Å². The van der Waals surface area contributed by atoms with Gasteiger partial charge in [-0.25, -0.2) is 0 Å². The summed E-state index contributed by atoms with van der Waals surface area (Å²) in [6.45, 7) is 5.44. The summed E-state index contributed by atoms with van der Waals surface area (Å²) in [5.74, 6) is 0. The molecule has 48 valence electrons. The standard InChI is InChI=1S/C8H11N/c1-3-5-6-8-9-7-4-2/h3-8H,2H2,1H3/b5-3-,8-6-,9-7-. The van der Waals surface area contributed by atoms with Gasteiger partial charge in [0.2, 0.25) is 0 Å². The fourth-order valence-corrected chi connectivity index (χ4v) is 0.321. The Balaban J connectivity index is 3.46. The summed E-state index contributed by atoms with van der Waals surface area (Å²) in [5.41, 5.74) is 0. The lowest BCUT2D eigenvalue weighted by molar-refractivity contribution is 1.59. The number of allylic oxidation sites excluding steroid dienone is 4. The van der Waals surface area contributed by atoms with Crippen LogP contribution in [0, 0.1) is 0 Å². The molecule has 0 rings (SSSR count).